The van der Waals surface area contributed by atoms with Crippen LogP contribution in [-0.2, 0) is 22.5 Å². The van der Waals surface area contributed by atoms with Gasteiger partial charge in [-0.15, -0.1) is 11.3 Å². The van der Waals surface area contributed by atoms with Gasteiger partial charge < -0.3 is 10.1 Å². The molecule has 19 heavy (non-hydrogen) atoms. The topological polar surface area (TPSA) is 51.2 Å². The van der Waals surface area contributed by atoms with E-state index < -0.39 is 0 Å². The number of anilines is 1. The molecule has 100 valence electrons. The van der Waals surface area contributed by atoms with Crippen molar-refractivity contribution in [2.24, 2.45) is 0 Å². The Morgan fingerprint density at radius 1 is 1.37 bits per heavy atom. The van der Waals surface area contributed by atoms with Gasteiger partial charge in [0, 0.05) is 16.3 Å². The maximum atomic E-state index is 11.1. The van der Waals surface area contributed by atoms with Crippen molar-refractivity contribution >= 4 is 34.6 Å². The van der Waals surface area contributed by atoms with Crippen LogP contribution in [0.2, 0.25) is 5.15 Å². The predicted molar refractivity (Wildman–Crippen MR) is 76.6 cm³/mol. The Morgan fingerprint density at radius 3 is 2.84 bits per heavy atom. The molecule has 6 heteroatoms. The number of nitrogens with zero attached hydrogens (tertiary/aromatic N) is 1. The van der Waals surface area contributed by atoms with Crippen molar-refractivity contribution in [3.63, 3.8) is 0 Å². The van der Waals surface area contributed by atoms with Crippen LogP contribution in [0.3, 0.4) is 0 Å². The third-order valence-corrected chi connectivity index (χ3v) is 3.77. The second kappa shape index (κ2) is 6.54. The smallest absolute Gasteiger partial charge is 0.310 e. The van der Waals surface area contributed by atoms with Crippen LogP contribution in [0.4, 0.5) is 5.69 Å². The molecule has 0 aliphatic rings. The van der Waals surface area contributed by atoms with Crippen LogP contribution in [0.15, 0.2) is 30.5 Å². The molecule has 0 aromatic carbocycles. The summed E-state index contributed by atoms with van der Waals surface area (Å²) in [7, 11) is 1.39. The number of halogens is 1. The molecule has 2 heterocycles. The van der Waals surface area contributed by atoms with E-state index >= 15 is 0 Å². The van der Waals surface area contributed by atoms with Gasteiger partial charge in [-0.2, -0.15) is 0 Å². The summed E-state index contributed by atoms with van der Waals surface area (Å²) in [6, 6.07) is 7.55. The summed E-state index contributed by atoms with van der Waals surface area (Å²) >= 11 is 7.30. The van der Waals surface area contributed by atoms with E-state index in [1.54, 1.807) is 23.6 Å². The molecule has 0 aliphatic heterocycles. The molecule has 2 rings (SSSR count). The zero-order chi connectivity index (χ0) is 13.7. The Hall–Kier alpha value is -1.59. The van der Waals surface area contributed by atoms with E-state index in [4.69, 9.17) is 11.6 Å². The molecule has 0 atom stereocenters. The van der Waals surface area contributed by atoms with Crippen molar-refractivity contribution in [3.8, 4) is 0 Å². The Bertz CT molecular complexity index is 554. The fraction of sp³-hybridized carbons (Fsp3) is 0.231. The minimum atomic E-state index is -0.219. The number of carbonyl (C=O) groups excluding carboxylic acids is 1. The number of esters is 1. The summed E-state index contributed by atoms with van der Waals surface area (Å²) in [5.74, 6) is -0.219. The molecule has 2 aromatic heterocycles. The number of hydrogen-bond donors (Lipinski definition) is 1. The molecule has 0 fully saturated rings. The van der Waals surface area contributed by atoms with Crippen molar-refractivity contribution in [1.82, 2.24) is 4.98 Å². The van der Waals surface area contributed by atoms with Crippen LogP contribution in [0.5, 0.6) is 0 Å². The minimum absolute atomic E-state index is 0.219. The zero-order valence-corrected chi connectivity index (χ0v) is 11.9. The number of aromatic nitrogens is 1. The highest BCUT2D eigenvalue weighted by molar-refractivity contribution is 7.12. The van der Waals surface area contributed by atoms with Crippen molar-refractivity contribution in [1.29, 1.82) is 0 Å². The lowest BCUT2D eigenvalue weighted by Crippen LogP contribution is -2.02. The third kappa shape index (κ3) is 4.22. The van der Waals surface area contributed by atoms with Crippen LogP contribution in [-0.4, -0.2) is 18.1 Å². The fourth-order valence-corrected chi connectivity index (χ4v) is 2.55. The van der Waals surface area contributed by atoms with Crippen LogP contribution in [0.25, 0.3) is 0 Å². The van der Waals surface area contributed by atoms with Crippen LogP contribution in [0.1, 0.15) is 9.75 Å². The molecule has 0 spiro atoms. The molecule has 2 aromatic rings. The second-order valence-electron chi connectivity index (χ2n) is 3.84. The average Bonchev–Trinajstić information content (AvgIpc) is 2.85. The zero-order valence-electron chi connectivity index (χ0n) is 10.4. The number of rotatable bonds is 5. The van der Waals surface area contributed by atoms with Gasteiger partial charge in [0.05, 0.1) is 25.4 Å². The van der Waals surface area contributed by atoms with E-state index in [-0.39, 0.29) is 5.97 Å². The minimum Gasteiger partial charge on any atom is -0.469 e. The molecule has 0 saturated heterocycles. The molecule has 0 bridgehead atoms. The maximum absolute atomic E-state index is 11.1. The summed E-state index contributed by atoms with van der Waals surface area (Å²) in [6.45, 7) is 0.690. The number of thiophene rings is 1. The lowest BCUT2D eigenvalue weighted by molar-refractivity contribution is -0.139. The van der Waals surface area contributed by atoms with E-state index in [1.807, 2.05) is 18.2 Å². The summed E-state index contributed by atoms with van der Waals surface area (Å²) in [5.41, 5.74) is 0.910. The second-order valence-corrected chi connectivity index (χ2v) is 5.48. The summed E-state index contributed by atoms with van der Waals surface area (Å²) in [6.07, 6.45) is 2.01. The highest BCUT2D eigenvalue weighted by atomic mass is 35.5. The van der Waals surface area contributed by atoms with Gasteiger partial charge in [0.25, 0.3) is 0 Å². The largest absolute Gasteiger partial charge is 0.469 e. The highest BCUT2D eigenvalue weighted by Crippen LogP contribution is 2.19. The first-order valence-corrected chi connectivity index (χ1v) is 6.86. The van der Waals surface area contributed by atoms with Gasteiger partial charge in [-0.05, 0) is 24.3 Å². The van der Waals surface area contributed by atoms with Gasteiger partial charge in [0.15, 0.2) is 0 Å². The van der Waals surface area contributed by atoms with E-state index in [9.17, 15) is 4.79 Å². The molecule has 0 aliphatic carbocycles. The van der Waals surface area contributed by atoms with Gasteiger partial charge in [-0.1, -0.05) is 11.6 Å². The van der Waals surface area contributed by atoms with Gasteiger partial charge in [-0.3, -0.25) is 4.79 Å². The molecular formula is C13H13ClN2O2S. The molecule has 0 unspecified atom stereocenters. The summed E-state index contributed by atoms with van der Waals surface area (Å²) in [5, 5.41) is 3.72. The Morgan fingerprint density at radius 2 is 2.16 bits per heavy atom. The van der Waals surface area contributed by atoms with Gasteiger partial charge in [-0.25, -0.2) is 4.98 Å². The van der Waals surface area contributed by atoms with Gasteiger partial charge in [0.1, 0.15) is 5.15 Å². The van der Waals surface area contributed by atoms with Crippen LogP contribution >= 0.6 is 22.9 Å². The molecule has 4 nitrogen and oxygen atoms in total. The first-order chi connectivity index (χ1) is 9.17. The highest BCUT2D eigenvalue weighted by Gasteiger charge is 2.06. The first kappa shape index (κ1) is 13.8. The average molecular weight is 297 g/mol. The monoisotopic (exact) mass is 296 g/mol. The maximum Gasteiger partial charge on any atom is 0.310 e. The van der Waals surface area contributed by atoms with Crippen molar-refractivity contribution in [2.45, 2.75) is 13.0 Å². The van der Waals surface area contributed by atoms with Gasteiger partial charge in [0.2, 0.25) is 0 Å². The van der Waals surface area contributed by atoms with E-state index in [0.717, 1.165) is 15.4 Å². The number of nitrogens with one attached hydrogen (secondary N) is 1. The fourth-order valence-electron chi connectivity index (χ4n) is 1.50. The number of hydrogen-bond acceptors (Lipinski definition) is 5. The third-order valence-electron chi connectivity index (χ3n) is 2.46. The SMILES string of the molecule is COC(=O)Cc1ccc(CNc2ccc(Cl)nc2)s1. The molecule has 0 radical (unpaired) electrons. The van der Waals surface area contributed by atoms with Crippen molar-refractivity contribution in [3.05, 3.63) is 45.4 Å². The quantitative estimate of drug-likeness (QED) is 0.680. The molecule has 0 saturated carbocycles. The van der Waals surface area contributed by atoms with Crippen LogP contribution < -0.4 is 5.32 Å². The number of methoxy groups -OCH3 is 1. The number of pyridine rings is 1. The number of ether oxygens (including phenoxy) is 1. The normalized spacial score (nSPS) is 10.2. The van der Waals surface area contributed by atoms with E-state index in [1.165, 1.54) is 7.11 Å². The lowest BCUT2D eigenvalue weighted by atomic mass is 10.3. The summed E-state index contributed by atoms with van der Waals surface area (Å²) in [4.78, 5) is 17.3. The predicted octanol–water partition coefficient (Wildman–Crippen LogP) is 3.12. The van der Waals surface area contributed by atoms with Crippen molar-refractivity contribution in [2.75, 3.05) is 12.4 Å². The Kier molecular flexibility index (Phi) is 4.76. The van der Waals surface area contributed by atoms with E-state index in [0.29, 0.717) is 18.1 Å². The molecule has 1 N–H and O–H groups in total. The molecular weight excluding hydrogens is 284 g/mol. The first-order valence-electron chi connectivity index (χ1n) is 5.67. The standard InChI is InChI=1S/C13H13ClN2O2S/c1-18-13(17)6-10-3-4-11(19-10)8-15-9-2-5-12(14)16-7-9/h2-5,7,15H,6,8H2,1H3. The number of carbonyl (C=O) groups is 1. The van der Waals surface area contributed by atoms with E-state index in [2.05, 4.69) is 15.0 Å². The lowest BCUT2D eigenvalue weighted by Gasteiger charge is -2.03. The molecule has 0 amide bonds. The van der Waals surface area contributed by atoms with Crippen LogP contribution in [0, 0.1) is 0 Å². The Balaban J connectivity index is 1.89. The van der Waals surface area contributed by atoms with Gasteiger partial charge >= 0.3 is 5.97 Å². The summed E-state index contributed by atoms with van der Waals surface area (Å²) < 4.78 is 4.64. The van der Waals surface area contributed by atoms with Crippen molar-refractivity contribution < 1.29 is 9.53 Å². The Labute approximate surface area is 120 Å².